The van der Waals surface area contributed by atoms with Crippen molar-refractivity contribution in [2.75, 3.05) is 31.9 Å². The van der Waals surface area contributed by atoms with Crippen molar-refractivity contribution in [1.29, 1.82) is 0 Å². The van der Waals surface area contributed by atoms with Gasteiger partial charge in [0.25, 0.3) is 0 Å². The van der Waals surface area contributed by atoms with E-state index in [2.05, 4.69) is 52.5 Å². The Morgan fingerprint density at radius 3 is 2.33 bits per heavy atom. The molecule has 0 radical (unpaired) electrons. The summed E-state index contributed by atoms with van der Waals surface area (Å²) in [4.78, 5) is 8.32. The van der Waals surface area contributed by atoms with Crippen molar-refractivity contribution in [2.45, 2.75) is 0 Å². The smallest absolute Gasteiger partial charge is 0.204 e. The van der Waals surface area contributed by atoms with E-state index in [0.29, 0.717) is 23.1 Å². The highest BCUT2D eigenvalue weighted by molar-refractivity contribution is 9.11. The highest BCUT2D eigenvalue weighted by Gasteiger charge is 2.14. The zero-order chi connectivity index (χ0) is 15.4. The molecule has 0 spiro atoms. The van der Waals surface area contributed by atoms with Crippen LogP contribution in [0.4, 0.5) is 17.3 Å². The maximum atomic E-state index is 5.35. The van der Waals surface area contributed by atoms with Gasteiger partial charge >= 0.3 is 0 Å². The second kappa shape index (κ2) is 6.95. The molecule has 0 aliphatic heterocycles. The van der Waals surface area contributed by atoms with Gasteiger partial charge in [0.05, 0.1) is 24.4 Å². The van der Waals surface area contributed by atoms with E-state index >= 15 is 0 Å². The van der Waals surface area contributed by atoms with Crippen LogP contribution in [-0.4, -0.2) is 31.2 Å². The summed E-state index contributed by atoms with van der Waals surface area (Å²) in [6.07, 6.45) is 1.46. The van der Waals surface area contributed by atoms with Crippen LogP contribution in [0.5, 0.6) is 11.5 Å². The van der Waals surface area contributed by atoms with Gasteiger partial charge in [0, 0.05) is 17.6 Å². The Hall–Kier alpha value is -1.54. The van der Waals surface area contributed by atoms with Crippen LogP contribution in [0.2, 0.25) is 0 Å². The predicted molar refractivity (Wildman–Crippen MR) is 89.8 cm³/mol. The van der Waals surface area contributed by atoms with E-state index in [1.54, 1.807) is 21.3 Å². The van der Waals surface area contributed by atoms with Crippen LogP contribution >= 0.6 is 31.9 Å². The Balaban J connectivity index is 2.43. The number of halogens is 2. The number of hydrogen-bond acceptors (Lipinski definition) is 6. The summed E-state index contributed by atoms with van der Waals surface area (Å²) in [5.74, 6) is 2.41. The van der Waals surface area contributed by atoms with Gasteiger partial charge in [0.1, 0.15) is 12.1 Å². The van der Waals surface area contributed by atoms with Crippen LogP contribution in [0.1, 0.15) is 0 Å². The lowest BCUT2D eigenvalue weighted by Gasteiger charge is -2.15. The Morgan fingerprint density at radius 1 is 1.00 bits per heavy atom. The molecule has 2 rings (SSSR count). The van der Waals surface area contributed by atoms with Crippen LogP contribution in [0.15, 0.2) is 27.4 Å². The third-order valence-corrected chi connectivity index (χ3v) is 4.02. The Morgan fingerprint density at radius 2 is 1.71 bits per heavy atom. The molecule has 0 atom stereocenters. The molecule has 8 heteroatoms. The van der Waals surface area contributed by atoms with Crippen LogP contribution in [0, 0.1) is 0 Å². The van der Waals surface area contributed by atoms with Gasteiger partial charge in [0.2, 0.25) is 5.75 Å². The average molecular weight is 418 g/mol. The third-order valence-electron chi connectivity index (χ3n) is 2.74. The first-order valence-electron chi connectivity index (χ1n) is 5.97. The minimum atomic E-state index is 0.536. The molecular formula is C13H14Br2N4O2. The quantitative estimate of drug-likeness (QED) is 0.770. The molecule has 0 saturated carbocycles. The van der Waals surface area contributed by atoms with Gasteiger partial charge in [0.15, 0.2) is 11.6 Å². The molecule has 1 aromatic heterocycles. The molecular weight excluding hydrogens is 404 g/mol. The van der Waals surface area contributed by atoms with Gasteiger partial charge in [-0.25, -0.2) is 9.97 Å². The van der Waals surface area contributed by atoms with Crippen molar-refractivity contribution in [3.05, 3.63) is 27.4 Å². The van der Waals surface area contributed by atoms with Crippen LogP contribution < -0.4 is 20.1 Å². The SMILES string of the molecule is CNc1ncnc(Nc2cc(OC)c(Br)cc2Br)c1OC. The molecule has 21 heavy (non-hydrogen) atoms. The molecule has 2 N–H and O–H groups in total. The third kappa shape index (κ3) is 3.38. The van der Waals surface area contributed by atoms with Crippen molar-refractivity contribution >= 4 is 49.2 Å². The fourth-order valence-electron chi connectivity index (χ4n) is 1.74. The van der Waals surface area contributed by atoms with Gasteiger partial charge in [-0.3, -0.25) is 0 Å². The number of ether oxygens (including phenoxy) is 2. The largest absolute Gasteiger partial charge is 0.495 e. The second-order valence-corrected chi connectivity index (χ2v) is 5.65. The van der Waals surface area contributed by atoms with Gasteiger partial charge in [-0.05, 0) is 37.9 Å². The van der Waals surface area contributed by atoms with Crippen LogP contribution in [-0.2, 0) is 0 Å². The van der Waals surface area contributed by atoms with Crippen molar-refractivity contribution < 1.29 is 9.47 Å². The molecule has 0 saturated heterocycles. The van der Waals surface area contributed by atoms with Gasteiger partial charge in [-0.1, -0.05) is 0 Å². The first kappa shape index (κ1) is 15.8. The van der Waals surface area contributed by atoms with Gasteiger partial charge < -0.3 is 20.1 Å². The van der Waals surface area contributed by atoms with E-state index in [1.165, 1.54) is 6.33 Å². The number of benzene rings is 1. The van der Waals surface area contributed by atoms with Crippen molar-refractivity contribution in [3.63, 3.8) is 0 Å². The Labute approximate surface area is 139 Å². The van der Waals surface area contributed by atoms with E-state index in [4.69, 9.17) is 9.47 Å². The summed E-state index contributed by atoms with van der Waals surface area (Å²) in [7, 11) is 4.96. The summed E-state index contributed by atoms with van der Waals surface area (Å²) >= 11 is 6.94. The minimum absolute atomic E-state index is 0.536. The minimum Gasteiger partial charge on any atom is -0.495 e. The summed E-state index contributed by atoms with van der Waals surface area (Å²) in [5.41, 5.74) is 0.800. The lowest BCUT2D eigenvalue weighted by molar-refractivity contribution is 0.412. The molecule has 0 fully saturated rings. The van der Waals surface area contributed by atoms with E-state index in [-0.39, 0.29) is 0 Å². The molecule has 2 aromatic rings. The molecule has 0 amide bonds. The lowest BCUT2D eigenvalue weighted by Crippen LogP contribution is -2.03. The molecule has 0 aliphatic rings. The van der Waals surface area contributed by atoms with E-state index < -0.39 is 0 Å². The number of rotatable bonds is 5. The first-order chi connectivity index (χ1) is 10.1. The summed E-state index contributed by atoms with van der Waals surface area (Å²) in [6, 6.07) is 3.75. The number of nitrogens with one attached hydrogen (secondary N) is 2. The first-order valence-corrected chi connectivity index (χ1v) is 7.56. The van der Waals surface area contributed by atoms with Crippen molar-refractivity contribution in [1.82, 2.24) is 9.97 Å². The molecule has 0 unspecified atom stereocenters. The lowest BCUT2D eigenvalue weighted by atomic mass is 10.3. The highest BCUT2D eigenvalue weighted by Crippen LogP contribution is 2.38. The average Bonchev–Trinajstić information content (AvgIpc) is 2.49. The van der Waals surface area contributed by atoms with E-state index in [1.807, 2.05) is 12.1 Å². The fraction of sp³-hybridized carbons (Fsp3) is 0.231. The van der Waals surface area contributed by atoms with Crippen LogP contribution in [0.3, 0.4) is 0 Å². The van der Waals surface area contributed by atoms with E-state index in [0.717, 1.165) is 14.6 Å². The molecule has 0 bridgehead atoms. The number of nitrogens with zero attached hydrogens (tertiary/aromatic N) is 2. The van der Waals surface area contributed by atoms with Crippen molar-refractivity contribution in [3.8, 4) is 11.5 Å². The molecule has 0 aliphatic carbocycles. The fourth-order valence-corrected chi connectivity index (χ4v) is 3.00. The highest BCUT2D eigenvalue weighted by atomic mass is 79.9. The predicted octanol–water partition coefficient (Wildman–Crippen LogP) is 3.80. The molecule has 112 valence electrons. The number of aromatic nitrogens is 2. The number of methoxy groups -OCH3 is 2. The van der Waals surface area contributed by atoms with Gasteiger partial charge in [-0.15, -0.1) is 0 Å². The topological polar surface area (TPSA) is 68.3 Å². The second-order valence-electron chi connectivity index (χ2n) is 3.95. The zero-order valence-electron chi connectivity index (χ0n) is 11.7. The summed E-state index contributed by atoms with van der Waals surface area (Å²) in [5, 5.41) is 6.16. The molecule has 1 heterocycles. The number of anilines is 3. The Bertz CT molecular complexity index is 652. The van der Waals surface area contributed by atoms with Crippen LogP contribution in [0.25, 0.3) is 0 Å². The van der Waals surface area contributed by atoms with Crippen molar-refractivity contribution in [2.24, 2.45) is 0 Å². The maximum absolute atomic E-state index is 5.35. The number of hydrogen-bond donors (Lipinski definition) is 2. The summed E-state index contributed by atoms with van der Waals surface area (Å²) in [6.45, 7) is 0. The molecule has 6 nitrogen and oxygen atoms in total. The Kier molecular flexibility index (Phi) is 5.24. The van der Waals surface area contributed by atoms with Gasteiger partial charge in [-0.2, -0.15) is 0 Å². The zero-order valence-corrected chi connectivity index (χ0v) is 14.9. The standard InChI is InChI=1S/C13H14Br2N4O2/c1-16-12-11(21-3)13(18-6-17-12)19-9-5-10(20-2)8(15)4-7(9)14/h4-6H,1-3H3,(H2,16,17,18,19). The monoisotopic (exact) mass is 416 g/mol. The normalized spacial score (nSPS) is 10.1. The summed E-state index contributed by atoms with van der Waals surface area (Å²) < 4.78 is 12.4. The maximum Gasteiger partial charge on any atom is 0.204 e. The molecule has 1 aromatic carbocycles. The van der Waals surface area contributed by atoms with E-state index in [9.17, 15) is 0 Å².